The topological polar surface area (TPSA) is 55.6 Å². The monoisotopic (exact) mass is 291 g/mol. The number of thiazole rings is 1. The fourth-order valence-electron chi connectivity index (χ4n) is 2.14. The zero-order valence-corrected chi connectivity index (χ0v) is 12.9. The third-order valence-corrected chi connectivity index (χ3v) is 4.35. The van der Waals surface area contributed by atoms with Crippen molar-refractivity contribution in [2.45, 2.75) is 58.7 Å². The van der Waals surface area contributed by atoms with Crippen LogP contribution >= 0.6 is 11.3 Å². The Morgan fingerprint density at radius 1 is 1.30 bits per heavy atom. The lowest BCUT2D eigenvalue weighted by Gasteiger charge is -2.01. The molecule has 1 saturated carbocycles. The Labute approximate surface area is 123 Å². The molecule has 20 heavy (non-hydrogen) atoms. The van der Waals surface area contributed by atoms with Crippen LogP contribution < -0.4 is 5.32 Å². The minimum atomic E-state index is 0.732. The van der Waals surface area contributed by atoms with Crippen LogP contribution in [-0.4, -0.2) is 25.8 Å². The molecule has 0 radical (unpaired) electrons. The quantitative estimate of drug-likeness (QED) is 0.849. The second kappa shape index (κ2) is 6.01. The first-order valence-electron chi connectivity index (χ1n) is 7.37. The Morgan fingerprint density at radius 2 is 2.15 bits per heavy atom. The Balaban J connectivity index is 1.65. The standard InChI is InChI=1S/C14H21N5S/c1-3-12-17-13(4-2)19(18-12)8-11-9-20-14(16-11)7-15-10-5-6-10/h9-10,15H,3-8H2,1-2H3. The Morgan fingerprint density at radius 3 is 2.85 bits per heavy atom. The normalized spacial score (nSPS) is 14.9. The highest BCUT2D eigenvalue weighted by molar-refractivity contribution is 7.09. The average Bonchev–Trinajstić information content (AvgIpc) is 3.05. The third kappa shape index (κ3) is 3.24. The summed E-state index contributed by atoms with van der Waals surface area (Å²) >= 11 is 1.73. The number of rotatable bonds is 7. The van der Waals surface area contributed by atoms with Crippen LogP contribution in [0.15, 0.2) is 5.38 Å². The lowest BCUT2D eigenvalue weighted by molar-refractivity contribution is 0.624. The van der Waals surface area contributed by atoms with Crippen molar-refractivity contribution in [3.8, 4) is 0 Å². The molecule has 2 aromatic heterocycles. The van der Waals surface area contributed by atoms with Gasteiger partial charge in [-0.2, -0.15) is 5.10 Å². The van der Waals surface area contributed by atoms with E-state index in [0.717, 1.165) is 49.3 Å². The van der Waals surface area contributed by atoms with Crippen molar-refractivity contribution in [2.24, 2.45) is 0 Å². The van der Waals surface area contributed by atoms with Gasteiger partial charge in [0, 0.05) is 30.8 Å². The molecule has 2 heterocycles. The highest BCUT2D eigenvalue weighted by Gasteiger charge is 2.20. The summed E-state index contributed by atoms with van der Waals surface area (Å²) in [4.78, 5) is 9.22. The molecule has 0 saturated heterocycles. The van der Waals surface area contributed by atoms with E-state index in [2.05, 4.69) is 39.6 Å². The van der Waals surface area contributed by atoms with Gasteiger partial charge in [-0.05, 0) is 12.8 Å². The molecule has 0 atom stereocenters. The van der Waals surface area contributed by atoms with Crippen molar-refractivity contribution < 1.29 is 0 Å². The van der Waals surface area contributed by atoms with Crippen LogP contribution in [-0.2, 0) is 25.9 Å². The summed E-state index contributed by atoms with van der Waals surface area (Å²) in [5.74, 6) is 1.97. The van der Waals surface area contributed by atoms with E-state index in [1.54, 1.807) is 11.3 Å². The smallest absolute Gasteiger partial charge is 0.150 e. The van der Waals surface area contributed by atoms with E-state index in [4.69, 9.17) is 0 Å². The minimum absolute atomic E-state index is 0.732. The summed E-state index contributed by atoms with van der Waals surface area (Å²) in [6.45, 7) is 5.83. The molecule has 0 aromatic carbocycles. The van der Waals surface area contributed by atoms with Crippen LogP contribution in [0.5, 0.6) is 0 Å². The first-order valence-corrected chi connectivity index (χ1v) is 8.25. The van der Waals surface area contributed by atoms with Gasteiger partial charge in [0.1, 0.15) is 10.8 Å². The van der Waals surface area contributed by atoms with Crippen LogP contribution in [0.1, 0.15) is 49.0 Å². The van der Waals surface area contributed by atoms with Gasteiger partial charge in [-0.15, -0.1) is 11.3 Å². The summed E-state index contributed by atoms with van der Waals surface area (Å²) in [5.41, 5.74) is 1.09. The van der Waals surface area contributed by atoms with Crippen LogP contribution in [0.25, 0.3) is 0 Å². The Kier molecular flexibility index (Phi) is 4.12. The van der Waals surface area contributed by atoms with Gasteiger partial charge in [0.05, 0.1) is 12.2 Å². The summed E-state index contributed by atoms with van der Waals surface area (Å²) in [6, 6.07) is 0.733. The molecule has 0 bridgehead atoms. The van der Waals surface area contributed by atoms with Crippen LogP contribution in [0.2, 0.25) is 0 Å². The molecule has 0 spiro atoms. The molecule has 1 aliphatic carbocycles. The lowest BCUT2D eigenvalue weighted by atomic mass is 10.4. The predicted octanol–water partition coefficient (Wildman–Crippen LogP) is 2.16. The van der Waals surface area contributed by atoms with Gasteiger partial charge >= 0.3 is 0 Å². The van der Waals surface area contributed by atoms with Gasteiger partial charge in [0.25, 0.3) is 0 Å². The first kappa shape index (κ1) is 13.7. The van der Waals surface area contributed by atoms with E-state index < -0.39 is 0 Å². The zero-order chi connectivity index (χ0) is 13.9. The van der Waals surface area contributed by atoms with Crippen LogP contribution in [0.4, 0.5) is 0 Å². The molecule has 1 N–H and O–H groups in total. The van der Waals surface area contributed by atoms with Gasteiger partial charge in [-0.1, -0.05) is 13.8 Å². The largest absolute Gasteiger partial charge is 0.308 e. The molecule has 2 aromatic rings. The van der Waals surface area contributed by atoms with E-state index >= 15 is 0 Å². The van der Waals surface area contributed by atoms with E-state index in [1.165, 1.54) is 17.8 Å². The van der Waals surface area contributed by atoms with E-state index in [1.807, 2.05) is 4.68 Å². The maximum absolute atomic E-state index is 4.68. The first-order chi connectivity index (χ1) is 9.78. The number of aryl methyl sites for hydroxylation is 2. The van der Waals surface area contributed by atoms with Gasteiger partial charge in [-0.3, -0.25) is 0 Å². The fraction of sp³-hybridized carbons (Fsp3) is 0.643. The van der Waals surface area contributed by atoms with Gasteiger partial charge in [0.2, 0.25) is 0 Å². The summed E-state index contributed by atoms with van der Waals surface area (Å²) in [7, 11) is 0. The number of hydrogen-bond acceptors (Lipinski definition) is 5. The van der Waals surface area contributed by atoms with Gasteiger partial charge in [0.15, 0.2) is 5.82 Å². The molecule has 0 unspecified atom stereocenters. The lowest BCUT2D eigenvalue weighted by Crippen LogP contribution is -2.15. The third-order valence-electron chi connectivity index (χ3n) is 3.46. The van der Waals surface area contributed by atoms with Crippen molar-refractivity contribution in [1.82, 2.24) is 25.1 Å². The second-order valence-corrected chi connectivity index (χ2v) is 6.14. The van der Waals surface area contributed by atoms with E-state index in [0.29, 0.717) is 0 Å². The minimum Gasteiger partial charge on any atom is -0.308 e. The molecule has 0 amide bonds. The van der Waals surface area contributed by atoms with Crippen molar-refractivity contribution in [1.29, 1.82) is 0 Å². The maximum atomic E-state index is 4.68. The summed E-state index contributed by atoms with van der Waals surface area (Å²) in [6.07, 6.45) is 4.43. The van der Waals surface area contributed by atoms with Crippen molar-refractivity contribution in [3.05, 3.63) is 27.7 Å². The van der Waals surface area contributed by atoms with Crippen LogP contribution in [0.3, 0.4) is 0 Å². The predicted molar refractivity (Wildman–Crippen MR) is 79.9 cm³/mol. The van der Waals surface area contributed by atoms with E-state index in [9.17, 15) is 0 Å². The molecule has 5 nitrogen and oxygen atoms in total. The summed E-state index contributed by atoms with van der Waals surface area (Å²) < 4.78 is 1.99. The zero-order valence-electron chi connectivity index (χ0n) is 12.1. The second-order valence-electron chi connectivity index (χ2n) is 5.20. The molecule has 108 valence electrons. The SMILES string of the molecule is CCc1nc(CC)n(Cc2csc(CNC3CC3)n2)n1. The van der Waals surface area contributed by atoms with Crippen LogP contribution in [0, 0.1) is 0 Å². The highest BCUT2D eigenvalue weighted by Crippen LogP contribution is 2.20. The van der Waals surface area contributed by atoms with Crippen molar-refractivity contribution in [2.75, 3.05) is 0 Å². The highest BCUT2D eigenvalue weighted by atomic mass is 32.1. The molecule has 1 aliphatic rings. The maximum Gasteiger partial charge on any atom is 0.150 e. The number of nitrogens with one attached hydrogen (secondary N) is 1. The summed E-state index contributed by atoms with van der Waals surface area (Å²) in [5, 5.41) is 11.3. The fourth-order valence-corrected chi connectivity index (χ4v) is 2.88. The van der Waals surface area contributed by atoms with Crippen molar-refractivity contribution in [3.63, 3.8) is 0 Å². The van der Waals surface area contributed by atoms with E-state index in [-0.39, 0.29) is 0 Å². The molecular formula is C14H21N5S. The molecule has 6 heteroatoms. The average molecular weight is 291 g/mol. The number of aromatic nitrogens is 4. The van der Waals surface area contributed by atoms with Crippen molar-refractivity contribution >= 4 is 11.3 Å². The van der Waals surface area contributed by atoms with Gasteiger partial charge < -0.3 is 5.32 Å². The molecule has 1 fully saturated rings. The Bertz CT molecular complexity index is 570. The molecular weight excluding hydrogens is 270 g/mol. The number of nitrogens with zero attached hydrogens (tertiary/aromatic N) is 4. The van der Waals surface area contributed by atoms with Gasteiger partial charge in [-0.25, -0.2) is 14.6 Å². The Hall–Kier alpha value is -1.27. The number of hydrogen-bond donors (Lipinski definition) is 1. The molecule has 3 rings (SSSR count). The molecule has 0 aliphatic heterocycles.